The third-order valence-electron chi connectivity index (χ3n) is 7.30. The highest BCUT2D eigenvalue weighted by Crippen LogP contribution is 2.47. The fourth-order valence-corrected chi connectivity index (χ4v) is 6.37. The Hall–Kier alpha value is -2.27. The number of hydrogen-bond donors (Lipinski definition) is 2. The van der Waals surface area contributed by atoms with Gasteiger partial charge < -0.3 is 15.2 Å². The summed E-state index contributed by atoms with van der Waals surface area (Å²) in [5.74, 6) is 0.763. The molecule has 3 heterocycles. The van der Waals surface area contributed by atoms with Crippen LogP contribution in [0.2, 0.25) is 0 Å². The highest BCUT2D eigenvalue weighted by molar-refractivity contribution is 7.16. The third-order valence-corrected chi connectivity index (χ3v) is 8.48. The van der Waals surface area contributed by atoms with E-state index in [-0.39, 0.29) is 12.1 Å². The molecule has 0 radical (unpaired) electrons. The summed E-state index contributed by atoms with van der Waals surface area (Å²) in [4.78, 5) is 14.5. The quantitative estimate of drug-likeness (QED) is 0.591. The average Bonchev–Trinajstić information content (AvgIpc) is 3.25. The van der Waals surface area contributed by atoms with Crippen molar-refractivity contribution in [3.8, 4) is 0 Å². The summed E-state index contributed by atoms with van der Waals surface area (Å²) < 4.78 is 2.13. The van der Waals surface area contributed by atoms with Gasteiger partial charge in [-0.1, -0.05) is 45.4 Å². The van der Waals surface area contributed by atoms with Crippen LogP contribution in [0.4, 0.5) is 5.00 Å². The molecule has 5 heteroatoms. The largest absolute Gasteiger partial charge is 0.353 e. The number of nitrogens with zero attached hydrogens (tertiary/aromatic N) is 1. The predicted octanol–water partition coefficient (Wildman–Crippen LogP) is 5.64. The summed E-state index contributed by atoms with van der Waals surface area (Å²) in [7, 11) is 2.06. The number of carbonyl (C=O) groups is 1. The van der Waals surface area contributed by atoms with Gasteiger partial charge in [0, 0.05) is 34.6 Å². The van der Waals surface area contributed by atoms with E-state index < -0.39 is 0 Å². The van der Waals surface area contributed by atoms with Gasteiger partial charge in [-0.3, -0.25) is 4.79 Å². The molecule has 0 saturated carbocycles. The Morgan fingerprint density at radius 2 is 2.03 bits per heavy atom. The zero-order valence-corrected chi connectivity index (χ0v) is 18.5. The van der Waals surface area contributed by atoms with Crippen LogP contribution in [0.3, 0.4) is 0 Å². The minimum absolute atomic E-state index is 0.0717. The summed E-state index contributed by atoms with van der Waals surface area (Å²) in [5, 5.41) is 9.10. The molecule has 0 saturated heterocycles. The molecule has 2 aromatic heterocycles. The van der Waals surface area contributed by atoms with E-state index in [1.807, 2.05) is 0 Å². The van der Waals surface area contributed by atoms with Crippen LogP contribution in [0.25, 0.3) is 10.9 Å². The Morgan fingerprint density at radius 1 is 1.24 bits per heavy atom. The lowest BCUT2D eigenvalue weighted by atomic mass is 9.69. The van der Waals surface area contributed by atoms with Gasteiger partial charge in [0.15, 0.2) is 0 Å². The number of carbonyl (C=O) groups excluding carboxylic acids is 1. The predicted molar refractivity (Wildman–Crippen MR) is 121 cm³/mol. The van der Waals surface area contributed by atoms with E-state index in [0.717, 1.165) is 29.0 Å². The number of amides is 1. The Bertz CT molecular complexity index is 1110. The van der Waals surface area contributed by atoms with Crippen molar-refractivity contribution in [3.63, 3.8) is 0 Å². The van der Waals surface area contributed by atoms with Crippen molar-refractivity contribution >= 4 is 33.1 Å². The second kappa shape index (κ2) is 6.63. The van der Waals surface area contributed by atoms with Crippen molar-refractivity contribution in [3.05, 3.63) is 52.0 Å². The Balaban J connectivity index is 1.50. The minimum atomic E-state index is -0.191. The van der Waals surface area contributed by atoms with Crippen LogP contribution in [0.1, 0.15) is 66.1 Å². The van der Waals surface area contributed by atoms with E-state index in [0.29, 0.717) is 11.3 Å². The fraction of sp³-hybridized carbons (Fsp3) is 0.458. The molecule has 1 aliphatic carbocycles. The van der Waals surface area contributed by atoms with Gasteiger partial charge in [0.05, 0.1) is 5.56 Å². The van der Waals surface area contributed by atoms with Crippen LogP contribution >= 0.6 is 11.3 Å². The van der Waals surface area contributed by atoms with Crippen molar-refractivity contribution in [1.29, 1.82) is 0 Å². The van der Waals surface area contributed by atoms with Crippen LogP contribution in [-0.2, 0) is 19.9 Å². The van der Waals surface area contributed by atoms with Crippen LogP contribution in [0.5, 0.6) is 0 Å². The van der Waals surface area contributed by atoms with Crippen molar-refractivity contribution in [2.75, 3.05) is 5.32 Å². The molecule has 1 aromatic carbocycles. The molecule has 0 bridgehead atoms. The van der Waals surface area contributed by atoms with Gasteiger partial charge in [0.2, 0.25) is 0 Å². The summed E-state index contributed by atoms with van der Waals surface area (Å²) in [6, 6.07) is 8.36. The molecule has 152 valence electrons. The first-order valence-corrected chi connectivity index (χ1v) is 11.5. The second-order valence-corrected chi connectivity index (χ2v) is 10.4. The van der Waals surface area contributed by atoms with E-state index in [1.165, 1.54) is 34.2 Å². The molecule has 4 nitrogen and oxygen atoms in total. The molecule has 0 spiro atoms. The molecule has 3 aromatic rings. The lowest BCUT2D eigenvalue weighted by molar-refractivity contribution is 0.0935. The number of rotatable bonds is 3. The number of fused-ring (bicyclic) bond motifs is 4. The molecule has 1 aliphatic heterocycles. The van der Waals surface area contributed by atoms with Gasteiger partial charge >= 0.3 is 0 Å². The molecule has 29 heavy (non-hydrogen) atoms. The number of anilines is 1. The molecule has 1 amide bonds. The summed E-state index contributed by atoms with van der Waals surface area (Å²) in [5.41, 5.74) is 4.84. The van der Waals surface area contributed by atoms with Gasteiger partial charge in [-0.05, 0) is 42.2 Å². The number of para-hydroxylation sites is 1. The number of thiophene rings is 1. The Morgan fingerprint density at radius 3 is 2.83 bits per heavy atom. The molecular formula is C24H29N3OS. The number of hydrogen-bond acceptors (Lipinski definition) is 3. The molecule has 5 rings (SSSR count). The van der Waals surface area contributed by atoms with E-state index in [1.54, 1.807) is 11.3 Å². The number of benzene rings is 1. The summed E-state index contributed by atoms with van der Waals surface area (Å²) in [6.45, 7) is 7.06. The van der Waals surface area contributed by atoms with Gasteiger partial charge in [-0.2, -0.15) is 0 Å². The van der Waals surface area contributed by atoms with E-state index >= 15 is 0 Å². The van der Waals surface area contributed by atoms with Crippen LogP contribution in [-0.4, -0.2) is 10.5 Å². The van der Waals surface area contributed by atoms with E-state index in [4.69, 9.17) is 0 Å². The zero-order valence-electron chi connectivity index (χ0n) is 17.6. The monoisotopic (exact) mass is 407 g/mol. The summed E-state index contributed by atoms with van der Waals surface area (Å²) >= 11 is 1.80. The van der Waals surface area contributed by atoms with Gasteiger partial charge in [0.25, 0.3) is 5.91 Å². The SMILES string of the molecule is CCC(C)(C)C1CCc2c(sc3c2C(=O)NC(c2cn(C)c4ccccc24)N3)C1. The first-order chi connectivity index (χ1) is 13.9. The molecule has 2 aliphatic rings. The zero-order chi connectivity index (χ0) is 20.3. The lowest BCUT2D eigenvalue weighted by Crippen LogP contribution is -2.38. The van der Waals surface area contributed by atoms with Gasteiger partial charge in [-0.25, -0.2) is 0 Å². The smallest absolute Gasteiger partial charge is 0.256 e. The number of aryl methyl sites for hydroxylation is 1. The van der Waals surface area contributed by atoms with E-state index in [2.05, 4.69) is 73.5 Å². The number of aromatic nitrogens is 1. The first-order valence-electron chi connectivity index (χ1n) is 10.6. The third kappa shape index (κ3) is 2.90. The van der Waals surface area contributed by atoms with Gasteiger partial charge in [-0.15, -0.1) is 11.3 Å². The topological polar surface area (TPSA) is 46.1 Å². The van der Waals surface area contributed by atoms with Gasteiger partial charge in [0.1, 0.15) is 11.2 Å². The second-order valence-electron chi connectivity index (χ2n) is 9.25. The highest BCUT2D eigenvalue weighted by Gasteiger charge is 2.37. The first kappa shape index (κ1) is 18.7. The van der Waals surface area contributed by atoms with Crippen molar-refractivity contribution < 1.29 is 4.79 Å². The molecule has 2 atom stereocenters. The summed E-state index contributed by atoms with van der Waals surface area (Å²) in [6.07, 6.45) is 6.42. The van der Waals surface area contributed by atoms with Crippen LogP contribution in [0.15, 0.2) is 30.5 Å². The molecular weight excluding hydrogens is 378 g/mol. The maximum absolute atomic E-state index is 13.1. The highest BCUT2D eigenvalue weighted by atomic mass is 32.1. The minimum Gasteiger partial charge on any atom is -0.353 e. The Labute approximate surface area is 176 Å². The maximum Gasteiger partial charge on any atom is 0.256 e. The average molecular weight is 408 g/mol. The molecule has 2 N–H and O–H groups in total. The van der Waals surface area contributed by atoms with E-state index in [9.17, 15) is 4.79 Å². The molecule has 2 unspecified atom stereocenters. The maximum atomic E-state index is 13.1. The lowest BCUT2D eigenvalue weighted by Gasteiger charge is -2.36. The van der Waals surface area contributed by atoms with Crippen LogP contribution < -0.4 is 10.6 Å². The molecule has 0 fully saturated rings. The number of nitrogens with one attached hydrogen (secondary N) is 2. The van der Waals surface area contributed by atoms with Crippen molar-refractivity contribution in [2.24, 2.45) is 18.4 Å². The normalized spacial score (nSPS) is 21.4. The van der Waals surface area contributed by atoms with Crippen LogP contribution in [0, 0.1) is 11.3 Å². The Kier molecular flexibility index (Phi) is 4.28. The van der Waals surface area contributed by atoms with Crippen molar-refractivity contribution in [2.45, 2.75) is 52.6 Å². The fourth-order valence-electron chi connectivity index (χ4n) is 5.01. The standard InChI is InChI=1S/C24H29N3OS/c1-5-24(2,3)14-10-11-16-19(12-14)29-23-20(16)22(28)25-21(26-23)17-13-27(4)18-9-7-6-8-15(17)18/h6-9,13-14,21,26H,5,10-12H2,1-4H3,(H,25,28). The van der Waals surface area contributed by atoms with Crippen molar-refractivity contribution in [1.82, 2.24) is 9.88 Å².